The number of carbonyl (C=O) groups is 2. The van der Waals surface area contributed by atoms with Crippen molar-refractivity contribution in [2.24, 2.45) is 5.92 Å². The van der Waals surface area contributed by atoms with Crippen molar-refractivity contribution in [2.45, 2.75) is 58.8 Å². The Morgan fingerprint density at radius 1 is 1.08 bits per heavy atom. The lowest BCUT2D eigenvalue weighted by Gasteiger charge is -2.19. The van der Waals surface area contributed by atoms with Crippen LogP contribution in [0.1, 0.15) is 64.4 Å². The molecule has 0 aliphatic heterocycles. The third kappa shape index (κ3) is 6.48. The average molecular weight is 351 g/mol. The highest BCUT2D eigenvalue weighted by atomic mass is 16.1. The Labute approximate surface area is 158 Å². The molecule has 0 N–H and O–H groups in total. The van der Waals surface area contributed by atoms with Gasteiger partial charge in [0.1, 0.15) is 5.78 Å². The van der Waals surface area contributed by atoms with E-state index in [9.17, 15) is 9.59 Å². The van der Waals surface area contributed by atoms with Gasteiger partial charge >= 0.3 is 0 Å². The maximum absolute atomic E-state index is 12.5. The Kier molecular flexibility index (Phi) is 9.37. The molecule has 1 rings (SSSR count). The molecule has 0 spiro atoms. The first-order valence-electron chi connectivity index (χ1n) is 9.30. The number of Topliss-reactive ketones (excluding diaryl/α,β-unsaturated/α-hetero) is 2. The summed E-state index contributed by atoms with van der Waals surface area (Å²) in [7, 11) is 0. The van der Waals surface area contributed by atoms with Gasteiger partial charge in [0.15, 0.2) is 5.78 Å². The predicted molar refractivity (Wildman–Crippen MR) is 108 cm³/mol. The Bertz CT molecular complexity index is 714. The van der Waals surface area contributed by atoms with Crippen molar-refractivity contribution in [3.63, 3.8) is 0 Å². The summed E-state index contributed by atoms with van der Waals surface area (Å²) < 4.78 is 0. The molecule has 2 atom stereocenters. The minimum Gasteiger partial charge on any atom is -0.299 e. The topological polar surface area (TPSA) is 34.1 Å². The second-order valence-corrected chi connectivity index (χ2v) is 6.77. The molecule has 0 radical (unpaired) electrons. The van der Waals surface area contributed by atoms with Gasteiger partial charge in [0, 0.05) is 17.9 Å². The molecule has 2 heteroatoms. The van der Waals surface area contributed by atoms with Gasteiger partial charge in [-0.05, 0) is 43.2 Å². The summed E-state index contributed by atoms with van der Waals surface area (Å²) in [6.45, 7) is 13.1. The third-order valence-electron chi connectivity index (χ3n) is 4.76. The van der Waals surface area contributed by atoms with Gasteiger partial charge in [-0.2, -0.15) is 0 Å². The molecule has 0 aromatic heterocycles. The molecule has 26 heavy (non-hydrogen) atoms. The van der Waals surface area contributed by atoms with Crippen LogP contribution in [-0.2, 0) is 9.59 Å². The summed E-state index contributed by atoms with van der Waals surface area (Å²) in [5, 5.41) is 0. The number of carbonyl (C=O) groups excluding carboxylic acids is 2. The van der Waals surface area contributed by atoms with Crippen LogP contribution in [0.4, 0.5) is 0 Å². The van der Waals surface area contributed by atoms with E-state index >= 15 is 0 Å². The molecule has 0 saturated heterocycles. The molecular formula is C24H30O2. The second-order valence-electron chi connectivity index (χ2n) is 6.77. The molecule has 1 unspecified atom stereocenters. The fourth-order valence-electron chi connectivity index (χ4n) is 3.05. The Morgan fingerprint density at radius 2 is 1.73 bits per heavy atom. The second kappa shape index (κ2) is 11.3. The van der Waals surface area contributed by atoms with Crippen molar-refractivity contribution in [1.82, 2.24) is 0 Å². The first-order valence-corrected chi connectivity index (χ1v) is 9.30. The van der Waals surface area contributed by atoms with Gasteiger partial charge in [0.25, 0.3) is 0 Å². The summed E-state index contributed by atoms with van der Waals surface area (Å²) in [5.41, 5.74) is 8.36. The van der Waals surface area contributed by atoms with E-state index in [1.54, 1.807) is 6.92 Å². The monoisotopic (exact) mass is 350 g/mol. The van der Waals surface area contributed by atoms with Gasteiger partial charge in [-0.3, -0.25) is 9.59 Å². The molecule has 0 amide bonds. The lowest BCUT2D eigenvalue weighted by Crippen LogP contribution is -2.15. The standard InChI is InChI=1S/C24H30O2/c1-6-9-13-20(7-2)24(26)16-18(4)21(8-3)17-23(19(5)25)22-14-11-10-12-15-22/h10-12,14-15,18,23H,2-3,6,9,13,16-17H2,1,4-5H3/t18-,23?/m1/s1. The van der Waals surface area contributed by atoms with Crippen molar-refractivity contribution in [3.05, 3.63) is 71.7 Å². The van der Waals surface area contributed by atoms with Crippen LogP contribution in [0.5, 0.6) is 0 Å². The van der Waals surface area contributed by atoms with E-state index in [1.165, 1.54) is 0 Å². The number of rotatable bonds is 11. The fraction of sp³-hybridized carbons (Fsp3) is 0.417. The lowest BCUT2D eigenvalue weighted by molar-refractivity contribution is -0.118. The minimum absolute atomic E-state index is 0.0180. The number of hydrogen-bond donors (Lipinski definition) is 0. The number of hydrogen-bond acceptors (Lipinski definition) is 2. The normalized spacial score (nSPS) is 12.4. The van der Waals surface area contributed by atoms with Crippen molar-refractivity contribution in [1.29, 1.82) is 0 Å². The van der Waals surface area contributed by atoms with Crippen molar-refractivity contribution < 1.29 is 9.59 Å². The van der Waals surface area contributed by atoms with E-state index in [4.69, 9.17) is 0 Å². The summed E-state index contributed by atoms with van der Waals surface area (Å²) in [6, 6.07) is 9.73. The Balaban J connectivity index is 2.87. The molecule has 0 bridgehead atoms. The molecule has 0 aliphatic carbocycles. The van der Waals surface area contributed by atoms with E-state index in [1.807, 2.05) is 37.3 Å². The molecule has 1 aromatic carbocycles. The molecule has 138 valence electrons. The van der Waals surface area contributed by atoms with Crippen LogP contribution < -0.4 is 0 Å². The summed E-state index contributed by atoms with van der Waals surface area (Å²) in [6.07, 6.45) is 3.63. The molecule has 0 saturated carbocycles. The summed E-state index contributed by atoms with van der Waals surface area (Å²) in [5.74, 6) is -0.0621. The van der Waals surface area contributed by atoms with Crippen molar-refractivity contribution in [3.8, 4) is 0 Å². The Hall–Kier alpha value is -2.40. The number of unbranched alkanes of at least 4 members (excludes halogenated alkanes) is 1. The quantitative estimate of drug-likeness (QED) is 0.364. The lowest BCUT2D eigenvalue weighted by atomic mass is 9.83. The zero-order chi connectivity index (χ0) is 19.5. The number of ketones is 2. The van der Waals surface area contributed by atoms with Crippen molar-refractivity contribution >= 4 is 11.6 Å². The van der Waals surface area contributed by atoms with Gasteiger partial charge in [-0.1, -0.05) is 63.8 Å². The van der Waals surface area contributed by atoms with Crippen LogP contribution in [0, 0.1) is 5.92 Å². The largest absolute Gasteiger partial charge is 0.299 e. The van der Waals surface area contributed by atoms with Crippen LogP contribution in [-0.4, -0.2) is 11.6 Å². The maximum atomic E-state index is 12.5. The first kappa shape index (κ1) is 21.6. The zero-order valence-electron chi connectivity index (χ0n) is 16.3. The van der Waals surface area contributed by atoms with Crippen molar-refractivity contribution in [2.75, 3.05) is 0 Å². The van der Waals surface area contributed by atoms with Crippen LogP contribution in [0.25, 0.3) is 0 Å². The van der Waals surface area contributed by atoms with Crippen LogP contribution >= 0.6 is 0 Å². The highest BCUT2D eigenvalue weighted by molar-refractivity contribution is 5.95. The SMILES string of the molecule is C=C=C(CCCC)C(=O)C[C@@H](C)C(=C=C)CC(C(C)=O)c1ccccc1. The smallest absolute Gasteiger partial charge is 0.167 e. The third-order valence-corrected chi connectivity index (χ3v) is 4.76. The average Bonchev–Trinajstić information content (AvgIpc) is 2.63. The maximum Gasteiger partial charge on any atom is 0.167 e. The summed E-state index contributed by atoms with van der Waals surface area (Å²) in [4.78, 5) is 24.7. The number of allylic oxidation sites excluding steroid dienone is 2. The van der Waals surface area contributed by atoms with Gasteiger partial charge in [-0.15, -0.1) is 11.5 Å². The van der Waals surface area contributed by atoms with E-state index in [2.05, 4.69) is 31.5 Å². The first-order chi connectivity index (χ1) is 12.4. The molecule has 2 nitrogen and oxygen atoms in total. The molecule has 0 fully saturated rings. The molecule has 0 heterocycles. The molecular weight excluding hydrogens is 320 g/mol. The van der Waals surface area contributed by atoms with Crippen LogP contribution in [0.3, 0.4) is 0 Å². The van der Waals surface area contributed by atoms with E-state index in [0.717, 1.165) is 30.4 Å². The molecule has 0 aliphatic rings. The van der Waals surface area contributed by atoms with Gasteiger partial charge in [-0.25, -0.2) is 0 Å². The van der Waals surface area contributed by atoms with Crippen LogP contribution in [0.2, 0.25) is 0 Å². The highest BCUT2D eigenvalue weighted by Gasteiger charge is 2.23. The zero-order valence-corrected chi connectivity index (χ0v) is 16.3. The predicted octanol–water partition coefficient (Wildman–Crippen LogP) is 5.96. The van der Waals surface area contributed by atoms with E-state index in [0.29, 0.717) is 18.4 Å². The van der Waals surface area contributed by atoms with Gasteiger partial charge in [0.05, 0.1) is 0 Å². The highest BCUT2D eigenvalue weighted by Crippen LogP contribution is 2.29. The van der Waals surface area contributed by atoms with Gasteiger partial charge in [0.2, 0.25) is 0 Å². The van der Waals surface area contributed by atoms with Gasteiger partial charge < -0.3 is 0 Å². The van der Waals surface area contributed by atoms with E-state index < -0.39 is 0 Å². The molecule has 1 aromatic rings. The van der Waals surface area contributed by atoms with Crippen LogP contribution in [0.15, 0.2) is 66.1 Å². The van der Waals surface area contributed by atoms with E-state index in [-0.39, 0.29) is 23.4 Å². The minimum atomic E-state index is -0.229. The summed E-state index contributed by atoms with van der Waals surface area (Å²) >= 11 is 0. The Morgan fingerprint density at radius 3 is 2.23 bits per heavy atom. The number of benzene rings is 1. The fourth-order valence-corrected chi connectivity index (χ4v) is 3.05.